The van der Waals surface area contributed by atoms with Gasteiger partial charge in [-0.25, -0.2) is 17.6 Å². The average molecular weight is 559 g/mol. The van der Waals surface area contributed by atoms with Gasteiger partial charge in [-0.05, 0) is 60.3 Å². The number of carboxylic acids is 1. The summed E-state index contributed by atoms with van der Waals surface area (Å²) >= 11 is 0. The molecule has 9 nitrogen and oxygen atoms in total. The average Bonchev–Trinajstić information content (AvgIpc) is 3.24. The molecular formula is C24H43F4LiO9. The van der Waals surface area contributed by atoms with Crippen molar-refractivity contribution in [2.45, 2.75) is 103 Å². The summed E-state index contributed by atoms with van der Waals surface area (Å²) in [6, 6.07) is 0. The molecule has 0 aromatic rings. The van der Waals surface area contributed by atoms with Gasteiger partial charge < -0.3 is 35.0 Å². The number of carbonyl (C=O) groups is 2. The van der Waals surface area contributed by atoms with Gasteiger partial charge >= 0.3 is 30.8 Å². The van der Waals surface area contributed by atoms with Gasteiger partial charge in [-0.15, -0.1) is 0 Å². The van der Waals surface area contributed by atoms with Gasteiger partial charge in [-0.1, -0.05) is 0 Å². The van der Waals surface area contributed by atoms with Crippen molar-refractivity contribution in [2.75, 3.05) is 26.9 Å². The number of alkyl halides is 4. The second-order valence-electron chi connectivity index (χ2n) is 10.5. The van der Waals surface area contributed by atoms with E-state index in [-0.39, 0.29) is 55.5 Å². The Labute approximate surface area is 234 Å². The molecule has 0 radical (unpaired) electrons. The zero-order valence-electron chi connectivity index (χ0n) is 23.5. The molecule has 3 aliphatic rings. The van der Waals surface area contributed by atoms with E-state index in [1.54, 1.807) is 13.8 Å². The maximum Gasteiger partial charge on any atom is 1.00 e. The van der Waals surface area contributed by atoms with Crippen LogP contribution in [-0.2, 0) is 28.5 Å². The molecule has 0 aromatic carbocycles. The Morgan fingerprint density at radius 1 is 0.868 bits per heavy atom. The first-order valence-electron chi connectivity index (χ1n) is 11.9. The summed E-state index contributed by atoms with van der Waals surface area (Å²) in [5.41, 5.74) is -1.97. The van der Waals surface area contributed by atoms with E-state index in [0.29, 0.717) is 6.10 Å². The Morgan fingerprint density at radius 3 is 1.53 bits per heavy atom. The van der Waals surface area contributed by atoms with Crippen LogP contribution in [0.3, 0.4) is 0 Å². The molecule has 3 rings (SSSR count). The molecule has 0 aromatic heterocycles. The number of hydrogen-bond donors (Lipinski definition) is 1. The van der Waals surface area contributed by atoms with Crippen molar-refractivity contribution in [3.63, 3.8) is 0 Å². The van der Waals surface area contributed by atoms with Crippen molar-refractivity contribution < 1.29 is 81.0 Å². The van der Waals surface area contributed by atoms with Crippen LogP contribution in [0, 0.1) is 10.8 Å². The minimum Gasteiger partial charge on any atom is -0.870 e. The third-order valence-electron chi connectivity index (χ3n) is 6.57. The van der Waals surface area contributed by atoms with Crippen molar-refractivity contribution in [3.05, 3.63) is 0 Å². The molecular weight excluding hydrogens is 515 g/mol. The summed E-state index contributed by atoms with van der Waals surface area (Å²) in [4.78, 5) is 22.2. The summed E-state index contributed by atoms with van der Waals surface area (Å²) in [5, 5.41) is 8.86. The maximum absolute atomic E-state index is 12.8. The van der Waals surface area contributed by atoms with Gasteiger partial charge in [0.05, 0.1) is 36.3 Å². The topological polar surface area (TPSA) is 153 Å². The second-order valence-corrected chi connectivity index (χ2v) is 10.5. The number of aliphatic carboxylic acids is 1. The standard InChI is InChI=1S/C10H16F2O3.C9H14F2O3.C5H10O.Li.2H2O/c1-9(2,8(13)14-3)7-4-5-10(11,12)6-15-7;1-8(2,7(12)13)6-3-4-9(10,11)5-14-6;1-5-3-2-4-6-5;;;/h7H,4-6H2,1-3H3;6H,3-5H2,1-2H3,(H,12,13);5H,2-4H2,1H3;;2*1H2/q;;;+1;;/p-1. The third-order valence-corrected chi connectivity index (χ3v) is 6.57. The molecule has 3 saturated heterocycles. The molecule has 0 spiro atoms. The van der Waals surface area contributed by atoms with Crippen LogP contribution in [0.5, 0.6) is 0 Å². The van der Waals surface area contributed by atoms with Gasteiger partial charge in [-0.2, -0.15) is 0 Å². The van der Waals surface area contributed by atoms with E-state index in [2.05, 4.69) is 11.7 Å². The van der Waals surface area contributed by atoms with Gasteiger partial charge in [0.2, 0.25) is 0 Å². The Morgan fingerprint density at radius 2 is 1.29 bits per heavy atom. The summed E-state index contributed by atoms with van der Waals surface area (Å²) in [5.74, 6) is -7.02. The molecule has 222 valence electrons. The fourth-order valence-corrected chi connectivity index (χ4v) is 3.85. The number of ether oxygens (including phenoxy) is 4. The summed E-state index contributed by atoms with van der Waals surface area (Å²) in [6.45, 7) is 8.09. The van der Waals surface area contributed by atoms with Crippen molar-refractivity contribution in [1.82, 2.24) is 0 Å². The van der Waals surface area contributed by atoms with E-state index < -0.39 is 60.0 Å². The molecule has 38 heavy (non-hydrogen) atoms. The molecule has 3 heterocycles. The van der Waals surface area contributed by atoms with Crippen LogP contribution in [0.1, 0.15) is 73.1 Å². The monoisotopic (exact) mass is 558 g/mol. The molecule has 14 heteroatoms. The van der Waals surface area contributed by atoms with Crippen LogP contribution in [0.2, 0.25) is 0 Å². The number of carboxylic acid groups (broad SMARTS) is 1. The second kappa shape index (κ2) is 17.0. The number of halogens is 4. The Hall–Kier alpha value is -0.943. The minimum atomic E-state index is -2.80. The first kappa shape index (κ1) is 41.5. The van der Waals surface area contributed by atoms with Crippen molar-refractivity contribution >= 4 is 11.9 Å². The normalized spacial score (nSPS) is 25.8. The van der Waals surface area contributed by atoms with Crippen LogP contribution < -0.4 is 18.9 Å². The van der Waals surface area contributed by atoms with Crippen molar-refractivity contribution in [2.24, 2.45) is 10.8 Å². The van der Waals surface area contributed by atoms with Crippen LogP contribution in [0.15, 0.2) is 0 Å². The van der Waals surface area contributed by atoms with Crippen LogP contribution in [0.25, 0.3) is 0 Å². The van der Waals surface area contributed by atoms with Crippen LogP contribution in [0.4, 0.5) is 17.6 Å². The number of carbonyl (C=O) groups excluding carboxylic acids is 1. The first-order valence-corrected chi connectivity index (χ1v) is 11.9. The summed E-state index contributed by atoms with van der Waals surface area (Å²) < 4.78 is 70.7. The van der Waals surface area contributed by atoms with Crippen molar-refractivity contribution in [1.29, 1.82) is 0 Å². The molecule has 0 amide bonds. The Kier molecular flexibility index (Phi) is 18.6. The smallest absolute Gasteiger partial charge is 0.870 e. The minimum absolute atomic E-state index is 0. The van der Waals surface area contributed by atoms with E-state index in [1.165, 1.54) is 33.8 Å². The fourth-order valence-electron chi connectivity index (χ4n) is 3.85. The summed E-state index contributed by atoms with van der Waals surface area (Å²) in [6.07, 6.45) is 1.68. The van der Waals surface area contributed by atoms with Gasteiger partial charge in [0.25, 0.3) is 11.8 Å². The van der Waals surface area contributed by atoms with Gasteiger partial charge in [0.1, 0.15) is 13.2 Å². The summed E-state index contributed by atoms with van der Waals surface area (Å²) in [7, 11) is 1.28. The van der Waals surface area contributed by atoms with Crippen LogP contribution in [-0.4, -0.2) is 85.1 Å². The predicted octanol–water partition coefficient (Wildman–Crippen LogP) is 1.10. The van der Waals surface area contributed by atoms with Crippen LogP contribution >= 0.6 is 0 Å². The fraction of sp³-hybridized carbons (Fsp3) is 0.917. The number of rotatable bonds is 4. The predicted molar refractivity (Wildman–Crippen MR) is 125 cm³/mol. The Balaban J connectivity index is -0.000000498. The quantitative estimate of drug-likeness (QED) is 0.306. The molecule has 3 unspecified atom stereocenters. The van der Waals surface area contributed by atoms with E-state index in [9.17, 15) is 27.2 Å². The largest absolute Gasteiger partial charge is 1.00 e. The molecule has 4 N–H and O–H groups in total. The van der Waals surface area contributed by atoms with E-state index in [4.69, 9.17) is 19.3 Å². The van der Waals surface area contributed by atoms with Crippen molar-refractivity contribution in [3.8, 4) is 0 Å². The SMILES string of the molecule is CC(C)(C(=O)O)C1CCC(F)(F)CO1.CC1CCCO1.COC(=O)C(C)(C)C1CCC(F)(F)CO1.O.[Li+].[OH-]. The number of hydrogen-bond acceptors (Lipinski definition) is 7. The van der Waals surface area contributed by atoms with Gasteiger partial charge in [0, 0.05) is 19.4 Å². The van der Waals surface area contributed by atoms with E-state index in [0.717, 1.165) is 6.61 Å². The number of methoxy groups -OCH3 is 1. The van der Waals surface area contributed by atoms with Gasteiger partial charge in [0.15, 0.2) is 0 Å². The Bertz CT molecular complexity index is 682. The first-order chi connectivity index (χ1) is 15.9. The van der Waals surface area contributed by atoms with E-state index in [1.807, 2.05) is 0 Å². The number of esters is 1. The zero-order valence-corrected chi connectivity index (χ0v) is 23.5. The molecule has 0 bridgehead atoms. The zero-order chi connectivity index (χ0) is 27.1. The third kappa shape index (κ3) is 12.9. The maximum atomic E-state index is 12.8. The molecule has 3 fully saturated rings. The molecule has 3 aliphatic heterocycles. The van der Waals surface area contributed by atoms with E-state index >= 15 is 0 Å². The molecule has 0 saturated carbocycles. The molecule has 0 aliphatic carbocycles. The molecule has 3 atom stereocenters. The van der Waals surface area contributed by atoms with Gasteiger partial charge in [-0.3, -0.25) is 9.59 Å².